The summed E-state index contributed by atoms with van der Waals surface area (Å²) >= 11 is 4.62. The first-order valence-corrected chi connectivity index (χ1v) is 16.9. The van der Waals surface area contributed by atoms with Crippen molar-refractivity contribution < 1.29 is 9.59 Å². The quantitative estimate of drug-likeness (QED) is 0.183. The fraction of sp³-hybridized carbons (Fsp3) is 0.114. The van der Waals surface area contributed by atoms with Crippen LogP contribution in [0.1, 0.15) is 6.92 Å². The number of aromatic nitrogens is 1. The maximum absolute atomic E-state index is 13.7. The molecule has 9 heteroatoms. The zero-order valence-electron chi connectivity index (χ0n) is 23.7. The first-order chi connectivity index (χ1) is 21.5. The third-order valence-corrected chi connectivity index (χ3v) is 10.7. The van der Waals surface area contributed by atoms with Crippen LogP contribution in [0.3, 0.4) is 0 Å². The van der Waals surface area contributed by atoms with Crippen LogP contribution in [0.15, 0.2) is 130 Å². The number of benzene rings is 4. The summed E-state index contributed by atoms with van der Waals surface area (Å²) in [6.45, 7) is 1.87. The standard InChI is InChI=1S/C35H28N4O2S3/c1-22(33(40)38-34-37-28(21-42-34)25-18-17-23-9-2-3-10-24(23)19-25)43-27-12-8-11-26(20-27)36-35(41)39-29-13-4-6-15-31(29)44-32-16-7-5-14-30(32)39/h2-22,29,31H,1H3,(H,36,41)(H,37,38,40). The van der Waals surface area contributed by atoms with Gasteiger partial charge in [-0.25, -0.2) is 9.78 Å². The lowest BCUT2D eigenvalue weighted by Crippen LogP contribution is -2.49. The summed E-state index contributed by atoms with van der Waals surface area (Å²) in [4.78, 5) is 35.2. The molecule has 2 N–H and O–H groups in total. The number of allylic oxidation sites excluding steroid dienone is 2. The van der Waals surface area contributed by atoms with Crippen LogP contribution >= 0.6 is 34.9 Å². The molecule has 3 unspecified atom stereocenters. The van der Waals surface area contributed by atoms with E-state index < -0.39 is 0 Å². The van der Waals surface area contributed by atoms with Crippen molar-refractivity contribution >= 4 is 74.1 Å². The number of nitrogens with one attached hydrogen (secondary N) is 2. The Balaban J connectivity index is 1.01. The molecule has 0 radical (unpaired) electrons. The first kappa shape index (κ1) is 28.5. The monoisotopic (exact) mass is 632 g/mol. The molecule has 1 aromatic heterocycles. The van der Waals surface area contributed by atoms with Crippen molar-refractivity contribution in [3.8, 4) is 11.3 Å². The van der Waals surface area contributed by atoms with E-state index in [1.165, 1.54) is 28.5 Å². The first-order valence-electron chi connectivity index (χ1n) is 14.2. The zero-order chi connectivity index (χ0) is 30.0. The highest BCUT2D eigenvalue weighted by Gasteiger charge is 2.36. The van der Waals surface area contributed by atoms with E-state index in [2.05, 4.69) is 64.2 Å². The van der Waals surface area contributed by atoms with Crippen molar-refractivity contribution in [1.82, 2.24) is 4.98 Å². The third kappa shape index (κ3) is 5.91. The molecular weight excluding hydrogens is 605 g/mol. The van der Waals surface area contributed by atoms with Crippen LogP contribution in [-0.2, 0) is 4.79 Å². The van der Waals surface area contributed by atoms with Crippen LogP contribution in [0.2, 0.25) is 0 Å². The molecule has 3 atom stereocenters. The second kappa shape index (κ2) is 12.4. The molecule has 6 nitrogen and oxygen atoms in total. The lowest BCUT2D eigenvalue weighted by atomic mass is 10.1. The Hall–Kier alpha value is -4.31. The number of fused-ring (bicyclic) bond motifs is 3. The summed E-state index contributed by atoms with van der Waals surface area (Å²) in [6.07, 6.45) is 8.25. The molecule has 218 valence electrons. The molecule has 2 heterocycles. The molecule has 1 aliphatic carbocycles. The molecule has 0 fully saturated rings. The Bertz CT molecular complexity index is 1930. The van der Waals surface area contributed by atoms with Gasteiger partial charge in [0.1, 0.15) is 0 Å². The van der Waals surface area contributed by atoms with E-state index in [9.17, 15) is 9.59 Å². The van der Waals surface area contributed by atoms with Crippen LogP contribution in [0.25, 0.3) is 22.0 Å². The molecule has 44 heavy (non-hydrogen) atoms. The van der Waals surface area contributed by atoms with Crippen LogP contribution in [0.5, 0.6) is 0 Å². The van der Waals surface area contributed by atoms with E-state index in [4.69, 9.17) is 0 Å². The zero-order valence-corrected chi connectivity index (χ0v) is 26.2. The van der Waals surface area contributed by atoms with Gasteiger partial charge in [0.15, 0.2) is 5.13 Å². The molecule has 0 saturated carbocycles. The summed E-state index contributed by atoms with van der Waals surface area (Å²) in [5, 5.41) is 10.7. The molecule has 1 aliphatic heterocycles. The number of para-hydroxylation sites is 1. The number of thioether (sulfide) groups is 2. The summed E-state index contributed by atoms with van der Waals surface area (Å²) in [5.74, 6) is -0.130. The van der Waals surface area contributed by atoms with Gasteiger partial charge < -0.3 is 10.6 Å². The number of anilines is 3. The van der Waals surface area contributed by atoms with Gasteiger partial charge in [0.05, 0.1) is 27.9 Å². The number of rotatable bonds is 6. The summed E-state index contributed by atoms with van der Waals surface area (Å²) in [7, 11) is 0. The number of carbonyl (C=O) groups is 2. The molecular formula is C35H28N4O2S3. The van der Waals surface area contributed by atoms with Crippen LogP contribution < -0.4 is 15.5 Å². The molecule has 0 saturated heterocycles. The lowest BCUT2D eigenvalue weighted by Gasteiger charge is -2.40. The minimum Gasteiger partial charge on any atom is -0.307 e. The summed E-state index contributed by atoms with van der Waals surface area (Å²) in [6, 6.07) is 29.8. The Morgan fingerprint density at radius 1 is 0.886 bits per heavy atom. The second-order valence-corrected chi connectivity index (χ2v) is 14.0. The Labute approximate surface area is 268 Å². The van der Waals surface area contributed by atoms with Gasteiger partial charge in [0.2, 0.25) is 5.91 Å². The molecule has 0 spiro atoms. The fourth-order valence-corrected chi connectivity index (χ4v) is 8.24. The SMILES string of the molecule is CC(Sc1cccc(NC(=O)N2c3ccccc3SC3C=CC=CC32)c1)C(=O)Nc1nc(-c2ccc3ccccc3c2)cs1. The Kier molecular flexibility index (Phi) is 7.99. The highest BCUT2D eigenvalue weighted by atomic mass is 32.2. The number of hydrogen-bond donors (Lipinski definition) is 2. The van der Waals surface area contributed by atoms with E-state index in [0.717, 1.165) is 32.1 Å². The van der Waals surface area contributed by atoms with Gasteiger partial charge in [0.25, 0.3) is 0 Å². The van der Waals surface area contributed by atoms with Crippen molar-refractivity contribution in [2.75, 3.05) is 15.5 Å². The number of amides is 3. The van der Waals surface area contributed by atoms with Crippen molar-refractivity contribution in [3.05, 3.63) is 121 Å². The second-order valence-electron chi connectivity index (χ2n) is 10.5. The Morgan fingerprint density at radius 2 is 1.70 bits per heavy atom. The number of nitrogens with zero attached hydrogens (tertiary/aromatic N) is 2. The largest absolute Gasteiger partial charge is 0.326 e. The van der Waals surface area contributed by atoms with E-state index in [0.29, 0.717) is 10.8 Å². The van der Waals surface area contributed by atoms with E-state index in [1.807, 2.05) is 84.0 Å². The molecule has 3 amide bonds. The van der Waals surface area contributed by atoms with Crippen molar-refractivity contribution in [2.45, 2.75) is 33.3 Å². The van der Waals surface area contributed by atoms with Crippen molar-refractivity contribution in [2.24, 2.45) is 0 Å². The van der Waals surface area contributed by atoms with E-state index >= 15 is 0 Å². The highest BCUT2D eigenvalue weighted by molar-refractivity contribution is 8.00. The molecule has 7 rings (SSSR count). The summed E-state index contributed by atoms with van der Waals surface area (Å²) < 4.78 is 0. The number of thiazole rings is 1. The topological polar surface area (TPSA) is 74.3 Å². The van der Waals surface area contributed by atoms with Crippen LogP contribution in [0.4, 0.5) is 21.3 Å². The van der Waals surface area contributed by atoms with Crippen LogP contribution in [-0.4, -0.2) is 33.5 Å². The van der Waals surface area contributed by atoms with Gasteiger partial charge in [-0.2, -0.15) is 0 Å². The van der Waals surface area contributed by atoms with Crippen LogP contribution in [0, 0.1) is 0 Å². The lowest BCUT2D eigenvalue weighted by molar-refractivity contribution is -0.115. The third-order valence-electron chi connectivity index (χ3n) is 7.51. The maximum Gasteiger partial charge on any atom is 0.326 e. The van der Waals surface area contributed by atoms with E-state index in [-0.39, 0.29) is 28.5 Å². The van der Waals surface area contributed by atoms with Gasteiger partial charge in [-0.3, -0.25) is 9.69 Å². The maximum atomic E-state index is 13.7. The van der Waals surface area contributed by atoms with Gasteiger partial charge in [-0.15, -0.1) is 34.9 Å². The summed E-state index contributed by atoms with van der Waals surface area (Å²) in [5.41, 5.74) is 3.42. The van der Waals surface area contributed by atoms with Gasteiger partial charge in [-0.1, -0.05) is 78.9 Å². The average molecular weight is 633 g/mol. The number of carbonyl (C=O) groups excluding carboxylic acids is 2. The predicted molar refractivity (Wildman–Crippen MR) is 185 cm³/mol. The molecule has 4 aromatic carbocycles. The van der Waals surface area contributed by atoms with Gasteiger partial charge in [0, 0.05) is 26.4 Å². The average Bonchev–Trinajstić information content (AvgIpc) is 3.52. The number of urea groups is 1. The number of hydrogen-bond acceptors (Lipinski definition) is 6. The smallest absolute Gasteiger partial charge is 0.307 e. The highest BCUT2D eigenvalue weighted by Crippen LogP contribution is 2.43. The van der Waals surface area contributed by atoms with Gasteiger partial charge in [-0.05, 0) is 54.1 Å². The predicted octanol–water partition coefficient (Wildman–Crippen LogP) is 9.09. The molecule has 0 bridgehead atoms. The Morgan fingerprint density at radius 3 is 2.61 bits per heavy atom. The minimum absolute atomic E-state index is 0.0752. The van der Waals surface area contributed by atoms with Gasteiger partial charge >= 0.3 is 6.03 Å². The molecule has 2 aliphatic rings. The van der Waals surface area contributed by atoms with Crippen molar-refractivity contribution in [1.29, 1.82) is 0 Å². The minimum atomic E-state index is -0.375. The fourth-order valence-electron chi connectivity index (χ4n) is 5.33. The van der Waals surface area contributed by atoms with Crippen molar-refractivity contribution in [3.63, 3.8) is 0 Å². The molecule has 5 aromatic rings. The van der Waals surface area contributed by atoms with E-state index in [1.54, 1.807) is 11.8 Å². The normalized spacial score (nSPS) is 17.5.